The Hall–Kier alpha value is -3.00. The molecule has 1 aliphatic heterocycles. The Balaban J connectivity index is 1.47. The monoisotopic (exact) mass is 337 g/mol. The minimum atomic E-state index is -0.282. The van der Waals surface area contributed by atoms with Crippen LogP contribution in [0, 0.1) is 6.92 Å². The maximum atomic E-state index is 12.4. The predicted molar refractivity (Wildman–Crippen MR) is 95.9 cm³/mol. The standard InChI is InChI=1S/C17H19N7O/c1-11-19-13-3-2-12(10-15(13)20-11)21-17(25)14-4-5-16(23-22-14)24-8-6-18-7-9-24/h2-5,10,18H,6-9H2,1H3,(H,19,20)(H,21,25). The quantitative estimate of drug-likeness (QED) is 0.667. The second-order valence-electron chi connectivity index (χ2n) is 6.02. The number of carbonyl (C=O) groups excluding carboxylic acids is 1. The summed E-state index contributed by atoms with van der Waals surface area (Å²) in [5, 5.41) is 14.4. The molecule has 0 bridgehead atoms. The normalized spacial score (nSPS) is 14.7. The van der Waals surface area contributed by atoms with Crippen molar-refractivity contribution in [2.45, 2.75) is 6.92 Å². The Bertz CT molecular complexity index is 897. The summed E-state index contributed by atoms with van der Waals surface area (Å²) < 4.78 is 0. The minimum absolute atomic E-state index is 0.282. The number of nitrogens with zero attached hydrogens (tertiary/aromatic N) is 4. The lowest BCUT2D eigenvalue weighted by atomic mass is 10.2. The summed E-state index contributed by atoms with van der Waals surface area (Å²) in [4.78, 5) is 22.0. The highest BCUT2D eigenvalue weighted by Gasteiger charge is 2.14. The van der Waals surface area contributed by atoms with Gasteiger partial charge >= 0.3 is 0 Å². The molecule has 1 aliphatic rings. The zero-order chi connectivity index (χ0) is 17.2. The number of nitrogens with one attached hydrogen (secondary N) is 3. The number of benzene rings is 1. The number of hydrogen-bond donors (Lipinski definition) is 3. The maximum absolute atomic E-state index is 12.4. The highest BCUT2D eigenvalue weighted by Crippen LogP contribution is 2.18. The highest BCUT2D eigenvalue weighted by molar-refractivity contribution is 6.03. The average molecular weight is 337 g/mol. The number of H-pyrrole nitrogens is 1. The van der Waals surface area contributed by atoms with Gasteiger partial charge in [-0.25, -0.2) is 4.98 Å². The topological polar surface area (TPSA) is 98.8 Å². The van der Waals surface area contributed by atoms with Gasteiger partial charge in [-0.3, -0.25) is 4.79 Å². The molecule has 0 spiro atoms. The van der Waals surface area contributed by atoms with Gasteiger partial charge in [-0.2, -0.15) is 0 Å². The number of hydrogen-bond acceptors (Lipinski definition) is 6. The van der Waals surface area contributed by atoms with E-state index in [9.17, 15) is 4.79 Å². The fourth-order valence-corrected chi connectivity index (χ4v) is 2.92. The van der Waals surface area contributed by atoms with E-state index in [-0.39, 0.29) is 5.91 Å². The number of anilines is 2. The van der Waals surface area contributed by atoms with Gasteiger partial charge in [0.1, 0.15) is 5.82 Å². The zero-order valence-corrected chi connectivity index (χ0v) is 13.9. The van der Waals surface area contributed by atoms with E-state index in [1.54, 1.807) is 6.07 Å². The molecule has 2 aromatic heterocycles. The van der Waals surface area contributed by atoms with Crippen molar-refractivity contribution in [2.75, 3.05) is 36.4 Å². The van der Waals surface area contributed by atoms with Crippen LogP contribution in [0.15, 0.2) is 30.3 Å². The van der Waals surface area contributed by atoms with E-state index in [4.69, 9.17) is 0 Å². The summed E-state index contributed by atoms with van der Waals surface area (Å²) in [5.74, 6) is 1.36. The molecule has 8 heteroatoms. The number of rotatable bonds is 3. The van der Waals surface area contributed by atoms with Gasteiger partial charge in [0.05, 0.1) is 11.0 Å². The first-order chi connectivity index (χ1) is 12.2. The second-order valence-corrected chi connectivity index (χ2v) is 6.02. The van der Waals surface area contributed by atoms with Gasteiger partial charge in [0.15, 0.2) is 11.5 Å². The van der Waals surface area contributed by atoms with Gasteiger partial charge in [-0.05, 0) is 37.3 Å². The maximum Gasteiger partial charge on any atom is 0.276 e. The van der Waals surface area contributed by atoms with Crippen molar-refractivity contribution < 1.29 is 4.79 Å². The number of aromatic nitrogens is 4. The molecule has 1 fully saturated rings. The molecule has 3 aromatic rings. The fraction of sp³-hybridized carbons (Fsp3) is 0.294. The largest absolute Gasteiger partial charge is 0.353 e. The summed E-state index contributed by atoms with van der Waals surface area (Å²) in [6.07, 6.45) is 0. The van der Waals surface area contributed by atoms with Crippen molar-refractivity contribution in [1.82, 2.24) is 25.5 Å². The van der Waals surface area contributed by atoms with Crippen LogP contribution in [0.1, 0.15) is 16.3 Å². The summed E-state index contributed by atoms with van der Waals surface area (Å²) >= 11 is 0. The van der Waals surface area contributed by atoms with E-state index in [2.05, 4.69) is 35.7 Å². The Morgan fingerprint density at radius 2 is 2.00 bits per heavy atom. The van der Waals surface area contributed by atoms with Gasteiger partial charge in [-0.15, -0.1) is 10.2 Å². The van der Waals surface area contributed by atoms with E-state index >= 15 is 0 Å². The lowest BCUT2D eigenvalue weighted by Gasteiger charge is -2.27. The number of amides is 1. The van der Waals surface area contributed by atoms with Crippen LogP contribution in [-0.4, -0.2) is 52.3 Å². The Labute approximate surface area is 144 Å². The van der Waals surface area contributed by atoms with Crippen molar-refractivity contribution in [3.05, 3.63) is 41.9 Å². The molecule has 8 nitrogen and oxygen atoms in total. The smallest absolute Gasteiger partial charge is 0.276 e. The number of fused-ring (bicyclic) bond motifs is 1. The molecule has 3 N–H and O–H groups in total. The van der Waals surface area contributed by atoms with Crippen LogP contribution in [0.2, 0.25) is 0 Å². The number of aryl methyl sites for hydroxylation is 1. The molecule has 3 heterocycles. The van der Waals surface area contributed by atoms with Crippen LogP contribution in [0.3, 0.4) is 0 Å². The molecule has 1 saturated heterocycles. The van der Waals surface area contributed by atoms with Crippen molar-refractivity contribution in [1.29, 1.82) is 0 Å². The third kappa shape index (κ3) is 3.29. The number of carbonyl (C=O) groups is 1. The molecule has 0 unspecified atom stereocenters. The molecule has 0 atom stereocenters. The van der Waals surface area contributed by atoms with E-state index < -0.39 is 0 Å². The van der Waals surface area contributed by atoms with Gasteiger partial charge in [0, 0.05) is 31.9 Å². The molecule has 1 amide bonds. The minimum Gasteiger partial charge on any atom is -0.353 e. The van der Waals surface area contributed by atoms with Crippen LogP contribution < -0.4 is 15.5 Å². The summed E-state index contributed by atoms with van der Waals surface area (Å²) in [7, 11) is 0. The van der Waals surface area contributed by atoms with Crippen LogP contribution in [-0.2, 0) is 0 Å². The molecule has 25 heavy (non-hydrogen) atoms. The number of imidazole rings is 1. The molecule has 0 aliphatic carbocycles. The SMILES string of the molecule is Cc1nc2ccc(NC(=O)c3ccc(N4CCNCC4)nn3)cc2[nH]1. The van der Waals surface area contributed by atoms with Gasteiger partial charge < -0.3 is 20.5 Å². The van der Waals surface area contributed by atoms with Crippen LogP contribution >= 0.6 is 0 Å². The first-order valence-corrected chi connectivity index (χ1v) is 8.26. The second kappa shape index (κ2) is 6.48. The molecule has 1 aromatic carbocycles. The first kappa shape index (κ1) is 15.5. The van der Waals surface area contributed by atoms with Gasteiger partial charge in [0.25, 0.3) is 5.91 Å². The fourth-order valence-electron chi connectivity index (χ4n) is 2.92. The Morgan fingerprint density at radius 3 is 2.76 bits per heavy atom. The number of piperazine rings is 1. The summed E-state index contributed by atoms with van der Waals surface area (Å²) in [6.45, 7) is 5.54. The van der Waals surface area contributed by atoms with Crippen LogP contribution in [0.25, 0.3) is 11.0 Å². The third-order valence-electron chi connectivity index (χ3n) is 4.18. The van der Waals surface area contributed by atoms with Crippen molar-refractivity contribution >= 4 is 28.4 Å². The Morgan fingerprint density at radius 1 is 1.16 bits per heavy atom. The van der Waals surface area contributed by atoms with E-state index in [0.29, 0.717) is 11.4 Å². The van der Waals surface area contributed by atoms with Crippen molar-refractivity contribution in [2.24, 2.45) is 0 Å². The average Bonchev–Trinajstić information content (AvgIpc) is 3.02. The molecule has 0 saturated carbocycles. The molecule has 128 valence electrons. The van der Waals surface area contributed by atoms with Crippen LogP contribution in [0.5, 0.6) is 0 Å². The van der Waals surface area contributed by atoms with Crippen molar-refractivity contribution in [3.8, 4) is 0 Å². The third-order valence-corrected chi connectivity index (χ3v) is 4.18. The predicted octanol–water partition coefficient (Wildman–Crippen LogP) is 1.32. The van der Waals surface area contributed by atoms with Gasteiger partial charge in [-0.1, -0.05) is 0 Å². The van der Waals surface area contributed by atoms with E-state index in [1.807, 2.05) is 31.2 Å². The lowest BCUT2D eigenvalue weighted by molar-refractivity contribution is 0.102. The summed E-state index contributed by atoms with van der Waals surface area (Å²) in [5.41, 5.74) is 2.74. The molecular weight excluding hydrogens is 318 g/mol. The first-order valence-electron chi connectivity index (χ1n) is 8.26. The Kier molecular flexibility index (Phi) is 4.02. The molecule has 4 rings (SSSR count). The lowest BCUT2D eigenvalue weighted by Crippen LogP contribution is -2.44. The molecular formula is C17H19N7O. The zero-order valence-electron chi connectivity index (χ0n) is 13.9. The van der Waals surface area contributed by atoms with Crippen molar-refractivity contribution in [3.63, 3.8) is 0 Å². The van der Waals surface area contributed by atoms with Crippen LogP contribution in [0.4, 0.5) is 11.5 Å². The van der Waals surface area contributed by atoms with Gasteiger partial charge in [0.2, 0.25) is 0 Å². The highest BCUT2D eigenvalue weighted by atomic mass is 16.1. The molecule has 0 radical (unpaired) electrons. The van der Waals surface area contributed by atoms with E-state index in [1.165, 1.54) is 0 Å². The number of aromatic amines is 1. The summed E-state index contributed by atoms with van der Waals surface area (Å²) in [6, 6.07) is 9.10. The van der Waals surface area contributed by atoms with E-state index in [0.717, 1.165) is 48.9 Å².